The predicted octanol–water partition coefficient (Wildman–Crippen LogP) is 6.42. The Kier molecular flexibility index (Phi) is 11.3. The van der Waals surface area contributed by atoms with Crippen molar-refractivity contribution >= 4 is 62.3 Å². The van der Waals surface area contributed by atoms with E-state index in [1.165, 1.54) is 35.2 Å². The molecule has 0 spiro atoms. The summed E-state index contributed by atoms with van der Waals surface area (Å²) < 4.78 is 28.7. The molecular weight excluding hydrogens is 593 g/mol. The van der Waals surface area contributed by atoms with Gasteiger partial charge in [-0.25, -0.2) is 8.42 Å². The van der Waals surface area contributed by atoms with E-state index in [1.807, 2.05) is 13.8 Å². The molecule has 2 amide bonds. The smallest absolute Gasteiger partial charge is 0.264 e. The van der Waals surface area contributed by atoms with Crippen molar-refractivity contribution in [1.82, 2.24) is 10.2 Å². The number of sulfonamides is 1. The van der Waals surface area contributed by atoms with Gasteiger partial charge in [0.2, 0.25) is 11.8 Å². The number of nitrogens with one attached hydrogen (secondary N) is 1. The van der Waals surface area contributed by atoms with Crippen molar-refractivity contribution in [2.24, 2.45) is 5.92 Å². The van der Waals surface area contributed by atoms with Crippen molar-refractivity contribution in [3.8, 4) is 0 Å². The first-order valence-electron chi connectivity index (χ1n) is 12.8. The molecule has 3 aromatic carbocycles. The van der Waals surface area contributed by atoms with Crippen LogP contribution in [0.1, 0.15) is 32.8 Å². The van der Waals surface area contributed by atoms with Gasteiger partial charge < -0.3 is 10.2 Å². The van der Waals surface area contributed by atoms with E-state index in [9.17, 15) is 18.0 Å². The van der Waals surface area contributed by atoms with Gasteiger partial charge in [0.15, 0.2) is 0 Å². The van der Waals surface area contributed by atoms with E-state index in [0.29, 0.717) is 33.6 Å². The Bertz CT molecular complexity index is 1430. The second kappa shape index (κ2) is 14.2. The zero-order valence-corrected chi connectivity index (χ0v) is 25.6. The lowest BCUT2D eigenvalue weighted by Gasteiger charge is -2.33. The Hall–Kier alpha value is -2.78. The molecule has 0 saturated carbocycles. The molecule has 0 saturated heterocycles. The molecule has 0 fully saturated rings. The third-order valence-electron chi connectivity index (χ3n) is 6.15. The number of carbonyl (C=O) groups is 2. The summed E-state index contributed by atoms with van der Waals surface area (Å²) in [7, 11) is -4.23. The zero-order valence-electron chi connectivity index (χ0n) is 22.5. The molecular formula is C29H32Cl3N3O4S. The minimum Gasteiger partial charge on any atom is -0.354 e. The van der Waals surface area contributed by atoms with Gasteiger partial charge in [-0.1, -0.05) is 79.8 Å². The van der Waals surface area contributed by atoms with Gasteiger partial charge in [0.1, 0.15) is 12.6 Å². The fourth-order valence-corrected chi connectivity index (χ4v) is 5.96. The molecule has 0 aromatic heterocycles. The number of hydrogen-bond donors (Lipinski definition) is 1. The normalized spacial score (nSPS) is 12.2. The highest BCUT2D eigenvalue weighted by atomic mass is 35.5. The maximum absolute atomic E-state index is 14.0. The summed E-state index contributed by atoms with van der Waals surface area (Å²) >= 11 is 18.6. The first-order valence-corrected chi connectivity index (χ1v) is 15.4. The molecule has 0 bridgehead atoms. The van der Waals surface area contributed by atoms with E-state index < -0.39 is 28.5 Å². The molecule has 3 rings (SSSR count). The third kappa shape index (κ3) is 8.13. The molecule has 11 heteroatoms. The fraction of sp³-hybridized carbons (Fsp3) is 0.310. The quantitative estimate of drug-likeness (QED) is 0.252. The van der Waals surface area contributed by atoms with E-state index >= 15 is 0 Å². The highest BCUT2D eigenvalue weighted by Crippen LogP contribution is 2.28. The molecule has 0 aliphatic carbocycles. The highest BCUT2D eigenvalue weighted by Gasteiger charge is 2.34. The third-order valence-corrected chi connectivity index (χ3v) is 8.79. The van der Waals surface area contributed by atoms with Gasteiger partial charge in [0, 0.05) is 28.2 Å². The van der Waals surface area contributed by atoms with Gasteiger partial charge in [-0.3, -0.25) is 13.9 Å². The van der Waals surface area contributed by atoms with E-state index in [1.54, 1.807) is 49.4 Å². The van der Waals surface area contributed by atoms with Crippen molar-refractivity contribution < 1.29 is 18.0 Å². The van der Waals surface area contributed by atoms with Crippen LogP contribution in [0.25, 0.3) is 0 Å². The number of rotatable bonds is 12. The van der Waals surface area contributed by atoms with Crippen molar-refractivity contribution in [1.29, 1.82) is 0 Å². The molecule has 0 aliphatic heterocycles. The summed E-state index contributed by atoms with van der Waals surface area (Å²) in [5.74, 6) is -0.701. The second-order valence-corrected chi connectivity index (χ2v) is 12.8. The summed E-state index contributed by atoms with van der Waals surface area (Å²) in [6, 6.07) is 18.0. The van der Waals surface area contributed by atoms with Crippen LogP contribution >= 0.6 is 34.8 Å². The molecule has 0 aliphatic rings. The molecule has 0 heterocycles. The van der Waals surface area contributed by atoms with Crippen LogP contribution in [0.5, 0.6) is 0 Å². The van der Waals surface area contributed by atoms with Crippen molar-refractivity contribution in [2.75, 3.05) is 17.4 Å². The van der Waals surface area contributed by atoms with Gasteiger partial charge in [-0.05, 0) is 66.4 Å². The zero-order chi connectivity index (χ0) is 29.4. The van der Waals surface area contributed by atoms with Crippen LogP contribution in [0.3, 0.4) is 0 Å². The largest absolute Gasteiger partial charge is 0.354 e. The highest BCUT2D eigenvalue weighted by molar-refractivity contribution is 7.92. The van der Waals surface area contributed by atoms with Gasteiger partial charge >= 0.3 is 0 Å². The molecule has 3 aromatic rings. The minimum absolute atomic E-state index is 0.0104. The minimum atomic E-state index is -4.23. The lowest BCUT2D eigenvalue weighted by Crippen LogP contribution is -2.52. The maximum Gasteiger partial charge on any atom is 0.264 e. The van der Waals surface area contributed by atoms with Crippen LogP contribution in [-0.2, 0) is 26.2 Å². The summed E-state index contributed by atoms with van der Waals surface area (Å²) in [6.07, 6.45) is 0.307. The Morgan fingerprint density at radius 1 is 0.900 bits per heavy atom. The number of amides is 2. The van der Waals surface area contributed by atoms with E-state index in [-0.39, 0.29) is 29.0 Å². The average molecular weight is 625 g/mol. The molecule has 7 nitrogen and oxygen atoms in total. The predicted molar refractivity (Wildman–Crippen MR) is 161 cm³/mol. The Labute approximate surface area is 251 Å². The Morgan fingerprint density at radius 2 is 1.57 bits per heavy atom. The molecule has 40 heavy (non-hydrogen) atoms. The lowest BCUT2D eigenvalue weighted by atomic mass is 10.1. The molecule has 1 N–H and O–H groups in total. The standard InChI is InChI=1S/C29H32Cl3N3O4S/c1-4-27(29(37)33-17-20(2)3)34(18-21-8-5-6-11-26(21)32)28(36)19-35(24-10-7-9-23(31)16-24)40(38,39)25-14-12-22(30)13-15-25/h5-16,20,27H,4,17-19H2,1-3H3,(H,33,37)/t27-/m1/s1. The van der Waals surface area contributed by atoms with E-state index in [0.717, 1.165) is 4.31 Å². The number of nitrogens with zero attached hydrogens (tertiary/aromatic N) is 2. The summed E-state index contributed by atoms with van der Waals surface area (Å²) in [5, 5.41) is 3.99. The van der Waals surface area contributed by atoms with Gasteiger partial charge in [-0.2, -0.15) is 0 Å². The number of halogens is 3. The van der Waals surface area contributed by atoms with E-state index in [2.05, 4.69) is 5.32 Å². The number of carbonyl (C=O) groups excluding carboxylic acids is 2. The molecule has 0 radical (unpaired) electrons. The van der Waals surface area contributed by atoms with Crippen LogP contribution in [0.4, 0.5) is 5.69 Å². The van der Waals surface area contributed by atoms with Crippen molar-refractivity contribution in [3.63, 3.8) is 0 Å². The van der Waals surface area contributed by atoms with Crippen molar-refractivity contribution in [3.05, 3.63) is 93.4 Å². The number of anilines is 1. The van der Waals surface area contributed by atoms with Crippen LogP contribution in [0, 0.1) is 5.92 Å². The van der Waals surface area contributed by atoms with E-state index in [4.69, 9.17) is 34.8 Å². The fourth-order valence-electron chi connectivity index (χ4n) is 4.05. The first kappa shape index (κ1) is 31.7. The number of benzene rings is 3. The maximum atomic E-state index is 14.0. The Balaban J connectivity index is 2.06. The van der Waals surface area contributed by atoms with Crippen molar-refractivity contribution in [2.45, 2.75) is 44.7 Å². The topological polar surface area (TPSA) is 86.8 Å². The van der Waals surface area contributed by atoms with Crippen LogP contribution in [-0.4, -0.2) is 44.3 Å². The van der Waals surface area contributed by atoms with Crippen LogP contribution in [0.2, 0.25) is 15.1 Å². The molecule has 1 atom stereocenters. The Morgan fingerprint density at radius 3 is 2.17 bits per heavy atom. The SMILES string of the molecule is CC[C@H](C(=O)NCC(C)C)N(Cc1ccccc1Cl)C(=O)CN(c1cccc(Cl)c1)S(=O)(=O)c1ccc(Cl)cc1. The second-order valence-electron chi connectivity index (χ2n) is 9.62. The molecule has 0 unspecified atom stereocenters. The van der Waals surface area contributed by atoms with Gasteiger partial charge in [0.05, 0.1) is 10.6 Å². The average Bonchev–Trinajstić information content (AvgIpc) is 2.91. The monoisotopic (exact) mass is 623 g/mol. The molecule has 214 valence electrons. The van der Waals surface area contributed by atoms with Crippen LogP contribution < -0.4 is 9.62 Å². The summed E-state index contributed by atoms with van der Waals surface area (Å²) in [6.45, 7) is 5.60. The summed E-state index contributed by atoms with van der Waals surface area (Å²) in [4.78, 5) is 28.6. The number of hydrogen-bond acceptors (Lipinski definition) is 4. The first-order chi connectivity index (χ1) is 18.9. The van der Waals surface area contributed by atoms with Gasteiger partial charge in [0.25, 0.3) is 10.0 Å². The lowest BCUT2D eigenvalue weighted by molar-refractivity contribution is -0.140. The van der Waals surface area contributed by atoms with Gasteiger partial charge in [-0.15, -0.1) is 0 Å². The van der Waals surface area contributed by atoms with Crippen LogP contribution in [0.15, 0.2) is 77.7 Å². The summed E-state index contributed by atoms with van der Waals surface area (Å²) in [5.41, 5.74) is 0.827.